The monoisotopic (exact) mass is 576 g/mol. The molecule has 28 heavy (non-hydrogen) atoms. The molecule has 4 rings (SSSR count). The lowest BCUT2D eigenvalue weighted by Crippen LogP contribution is -2.35. The van der Waals surface area contributed by atoms with Crippen LogP contribution in [0.25, 0.3) is 5.65 Å². The number of halogens is 2. The third kappa shape index (κ3) is 4.31. The molecule has 11 heteroatoms. The molecule has 0 amide bonds. The molecular weight excluding hydrogens is 559 g/mol. The van der Waals surface area contributed by atoms with E-state index in [9.17, 15) is 8.42 Å². The van der Waals surface area contributed by atoms with Crippen molar-refractivity contribution in [3.05, 3.63) is 52.5 Å². The molecule has 1 aliphatic rings. The molecule has 4 heterocycles. The van der Waals surface area contributed by atoms with Crippen molar-refractivity contribution in [3.63, 3.8) is 0 Å². The van der Waals surface area contributed by atoms with E-state index in [1.54, 1.807) is 16.9 Å². The molecule has 148 valence electrons. The molecule has 0 aliphatic carbocycles. The van der Waals surface area contributed by atoms with Crippen LogP contribution in [-0.2, 0) is 13.7 Å². The van der Waals surface area contributed by atoms with Crippen LogP contribution in [0.15, 0.2) is 41.3 Å². The Morgan fingerprint density at radius 3 is 2.75 bits per heavy atom. The van der Waals surface area contributed by atoms with Crippen LogP contribution < -0.4 is 5.32 Å². The Kier molecular flexibility index (Phi) is 5.86. The molecule has 3 aromatic heterocycles. The Bertz CT molecular complexity index is 1080. The van der Waals surface area contributed by atoms with Crippen molar-refractivity contribution in [2.45, 2.75) is 25.3 Å². The van der Waals surface area contributed by atoms with Gasteiger partial charge in [-0.15, -0.1) is 0 Å². The Balaban J connectivity index is 1.60. The quantitative estimate of drug-likeness (QED) is 0.370. The number of nitrogens with one attached hydrogen (secondary N) is 1. The van der Waals surface area contributed by atoms with E-state index < -0.39 is 7.19 Å². The van der Waals surface area contributed by atoms with E-state index in [1.165, 1.54) is 25.5 Å². The maximum atomic E-state index is 11.8. The first-order chi connectivity index (χ1) is 13.4. The Hall–Kier alpha value is -1.31. The summed E-state index contributed by atoms with van der Waals surface area (Å²) in [5.41, 5.74) is 2.77. The fraction of sp³-hybridized carbons (Fsp3) is 0.353. The van der Waals surface area contributed by atoms with Crippen LogP contribution in [0.4, 0.5) is 5.82 Å². The lowest BCUT2D eigenvalue weighted by Gasteiger charge is -2.29. The van der Waals surface area contributed by atoms with Gasteiger partial charge in [-0.05, 0) is 40.4 Å². The molecule has 1 N–H and O–H groups in total. The first-order valence-electron chi connectivity index (χ1n) is 8.78. The highest BCUT2D eigenvalue weighted by Gasteiger charge is 2.28. The number of fused-ring (bicyclic) bond motifs is 1. The van der Waals surface area contributed by atoms with Crippen molar-refractivity contribution in [1.29, 1.82) is 0 Å². The third-order valence-electron chi connectivity index (χ3n) is 4.83. The van der Waals surface area contributed by atoms with E-state index >= 15 is 0 Å². The number of nitrogens with zero attached hydrogens (tertiary/aromatic N) is 5. The second kappa shape index (κ2) is 8.20. The number of anilines is 1. The summed E-state index contributed by atoms with van der Waals surface area (Å²) in [7, 11) is -3.17. The normalized spacial score (nSPS) is 16.5. The van der Waals surface area contributed by atoms with E-state index in [-0.39, 0.29) is 5.92 Å². The van der Waals surface area contributed by atoms with Crippen LogP contribution in [0.5, 0.6) is 0 Å². The zero-order chi connectivity index (χ0) is 19.7. The summed E-state index contributed by atoms with van der Waals surface area (Å²) >= 11 is 5.02. The molecule has 0 bridgehead atoms. The van der Waals surface area contributed by atoms with Crippen LogP contribution in [0.1, 0.15) is 30.0 Å². The topological polar surface area (TPSA) is 92.5 Å². The van der Waals surface area contributed by atoms with Crippen molar-refractivity contribution < 1.29 is 8.42 Å². The second-order valence-corrected chi connectivity index (χ2v) is 12.2. The summed E-state index contributed by atoms with van der Waals surface area (Å²) < 4.78 is 27.6. The molecule has 8 nitrogen and oxygen atoms in total. The predicted molar refractivity (Wildman–Crippen MR) is 119 cm³/mol. The van der Waals surface area contributed by atoms with E-state index in [2.05, 4.69) is 31.3 Å². The highest BCUT2D eigenvalue weighted by atomic mass is 127. The fourth-order valence-corrected chi connectivity index (χ4v) is 5.53. The fourth-order valence-electron chi connectivity index (χ4n) is 3.35. The largest absolute Gasteiger partial charge is 0.366 e. The minimum Gasteiger partial charge on any atom is -0.366 e. The van der Waals surface area contributed by atoms with Gasteiger partial charge in [0.1, 0.15) is 5.82 Å². The first kappa shape index (κ1) is 20.0. The average molecular weight is 577 g/mol. The lowest BCUT2D eigenvalue weighted by atomic mass is 9.94. The second-order valence-electron chi connectivity index (χ2n) is 6.62. The Morgan fingerprint density at radius 1 is 1.29 bits per heavy atom. The smallest absolute Gasteiger partial charge is 0.267 e. The van der Waals surface area contributed by atoms with E-state index in [0.29, 0.717) is 19.6 Å². The standard InChI is InChI=1S/C17H18BrIN6O2S/c18-14-11-22-25-16(21-10-12-2-1-5-20-9-12)8-15(23-17(14)25)13-3-6-24(7-4-13)28(19,26)27/h1-2,5,8-9,11,13,21H,3-4,6-7,10H2. The van der Waals surface area contributed by atoms with Crippen molar-refractivity contribution >= 4 is 55.8 Å². The van der Waals surface area contributed by atoms with Crippen molar-refractivity contribution in [2.24, 2.45) is 0 Å². The molecule has 1 saturated heterocycles. The van der Waals surface area contributed by atoms with Gasteiger partial charge in [0.2, 0.25) is 0 Å². The number of hydrogen-bond donors (Lipinski definition) is 1. The molecule has 0 atom stereocenters. The number of hydrogen-bond acceptors (Lipinski definition) is 6. The van der Waals surface area contributed by atoms with Gasteiger partial charge in [0.05, 0.1) is 31.9 Å². The first-order valence-corrected chi connectivity index (χ1v) is 13.6. The Morgan fingerprint density at radius 2 is 2.07 bits per heavy atom. The third-order valence-corrected chi connectivity index (χ3v) is 8.04. The van der Waals surface area contributed by atoms with E-state index in [1.807, 2.05) is 24.4 Å². The molecule has 0 spiro atoms. The SMILES string of the molecule is O=S(=O)(I)N1CCC(c2cc(NCc3cccnc3)n3ncc(Br)c3n2)CC1. The van der Waals surface area contributed by atoms with Crippen LogP contribution >= 0.6 is 37.1 Å². The minimum absolute atomic E-state index is 0.208. The van der Waals surface area contributed by atoms with Crippen LogP contribution in [0.3, 0.4) is 0 Å². The summed E-state index contributed by atoms with van der Waals surface area (Å²) in [4.78, 5) is 8.94. The summed E-state index contributed by atoms with van der Waals surface area (Å²) in [6.07, 6.45) is 6.80. The maximum Gasteiger partial charge on any atom is 0.267 e. The molecule has 3 aromatic rings. The molecule has 0 radical (unpaired) electrons. The summed E-state index contributed by atoms with van der Waals surface area (Å²) in [6, 6.07) is 5.93. The number of rotatable bonds is 5. The average Bonchev–Trinajstić information content (AvgIpc) is 3.07. The van der Waals surface area contributed by atoms with Crippen LogP contribution in [-0.4, -0.2) is 45.4 Å². The zero-order valence-electron chi connectivity index (χ0n) is 14.8. The van der Waals surface area contributed by atoms with Gasteiger partial charge in [-0.25, -0.2) is 13.4 Å². The molecule has 1 aliphatic heterocycles. The van der Waals surface area contributed by atoms with Gasteiger partial charge in [-0.1, -0.05) is 6.07 Å². The van der Waals surface area contributed by atoms with Gasteiger partial charge < -0.3 is 5.32 Å². The van der Waals surface area contributed by atoms with Crippen molar-refractivity contribution in [1.82, 2.24) is 23.9 Å². The molecule has 1 fully saturated rings. The lowest BCUT2D eigenvalue weighted by molar-refractivity contribution is 0.323. The van der Waals surface area contributed by atoms with Gasteiger partial charge in [0.15, 0.2) is 5.65 Å². The van der Waals surface area contributed by atoms with Crippen molar-refractivity contribution in [2.75, 3.05) is 18.4 Å². The molecule has 0 unspecified atom stereocenters. The molecule has 0 aromatic carbocycles. The van der Waals surface area contributed by atoms with Gasteiger partial charge in [0.25, 0.3) is 7.19 Å². The van der Waals surface area contributed by atoms with Gasteiger partial charge in [-0.3, -0.25) is 4.98 Å². The summed E-state index contributed by atoms with van der Waals surface area (Å²) in [6.45, 7) is 1.65. The minimum atomic E-state index is -3.17. The number of aromatic nitrogens is 4. The van der Waals surface area contributed by atoms with Gasteiger partial charge >= 0.3 is 0 Å². The van der Waals surface area contributed by atoms with Crippen LogP contribution in [0.2, 0.25) is 0 Å². The van der Waals surface area contributed by atoms with Gasteiger partial charge in [0, 0.05) is 49.7 Å². The highest BCUT2D eigenvalue weighted by Crippen LogP contribution is 2.32. The van der Waals surface area contributed by atoms with E-state index in [0.717, 1.165) is 40.0 Å². The van der Waals surface area contributed by atoms with Crippen LogP contribution in [0, 0.1) is 0 Å². The molecular formula is C17H18BrIN6O2S. The summed E-state index contributed by atoms with van der Waals surface area (Å²) in [5.74, 6) is 1.05. The molecule has 0 saturated carbocycles. The number of piperidine rings is 1. The predicted octanol–water partition coefficient (Wildman–Crippen LogP) is 3.36. The summed E-state index contributed by atoms with van der Waals surface area (Å²) in [5, 5.41) is 7.82. The highest BCUT2D eigenvalue weighted by molar-refractivity contribution is 14.2. The maximum absolute atomic E-state index is 11.8. The number of pyridine rings is 1. The zero-order valence-corrected chi connectivity index (χ0v) is 19.4. The van der Waals surface area contributed by atoms with E-state index in [4.69, 9.17) is 4.98 Å². The van der Waals surface area contributed by atoms with Crippen molar-refractivity contribution in [3.8, 4) is 0 Å². The van der Waals surface area contributed by atoms with Gasteiger partial charge in [-0.2, -0.15) is 13.9 Å². The Labute approximate surface area is 183 Å².